The van der Waals surface area contributed by atoms with E-state index in [0.29, 0.717) is 0 Å². The van der Waals surface area contributed by atoms with Crippen LogP contribution in [0, 0.1) is 13.8 Å². The maximum atomic E-state index is 4.46. The first-order valence-electron chi connectivity index (χ1n) is 5.76. The Hall–Kier alpha value is -1.75. The largest absolute Gasteiger partial charge is 0.313 e. The zero-order valence-electron chi connectivity index (χ0n) is 10.4. The van der Waals surface area contributed by atoms with Crippen molar-refractivity contribution in [3.05, 3.63) is 35.5 Å². The SMILES string of the molecule is CCNCc1cnc(C)nc1-n1ccc(C)n1. The van der Waals surface area contributed by atoms with Crippen molar-refractivity contribution in [2.24, 2.45) is 0 Å². The molecular weight excluding hydrogens is 214 g/mol. The lowest BCUT2D eigenvalue weighted by atomic mass is 10.3. The van der Waals surface area contributed by atoms with Crippen LogP contribution in [0.3, 0.4) is 0 Å². The highest BCUT2D eigenvalue weighted by atomic mass is 15.3. The smallest absolute Gasteiger partial charge is 0.161 e. The van der Waals surface area contributed by atoms with Gasteiger partial charge in [-0.15, -0.1) is 0 Å². The Bertz CT molecular complexity index is 503. The van der Waals surface area contributed by atoms with Gasteiger partial charge < -0.3 is 5.32 Å². The molecule has 2 aromatic rings. The number of nitrogens with one attached hydrogen (secondary N) is 1. The van der Waals surface area contributed by atoms with E-state index in [4.69, 9.17) is 0 Å². The molecule has 0 unspecified atom stereocenters. The van der Waals surface area contributed by atoms with Gasteiger partial charge in [-0.2, -0.15) is 5.10 Å². The summed E-state index contributed by atoms with van der Waals surface area (Å²) in [6.45, 7) is 7.61. The third-order valence-corrected chi connectivity index (χ3v) is 2.47. The van der Waals surface area contributed by atoms with Crippen molar-refractivity contribution in [3.63, 3.8) is 0 Å². The lowest BCUT2D eigenvalue weighted by molar-refractivity contribution is 0.701. The Kier molecular flexibility index (Phi) is 3.49. The van der Waals surface area contributed by atoms with Crippen molar-refractivity contribution in [1.29, 1.82) is 0 Å². The van der Waals surface area contributed by atoms with E-state index in [2.05, 4.69) is 27.3 Å². The summed E-state index contributed by atoms with van der Waals surface area (Å²) in [7, 11) is 0. The fourth-order valence-corrected chi connectivity index (χ4v) is 1.60. The van der Waals surface area contributed by atoms with Crippen molar-refractivity contribution in [1.82, 2.24) is 25.1 Å². The predicted octanol–water partition coefficient (Wildman–Crippen LogP) is 1.39. The molecule has 5 heteroatoms. The van der Waals surface area contributed by atoms with Gasteiger partial charge in [-0.05, 0) is 26.5 Å². The van der Waals surface area contributed by atoms with E-state index in [1.165, 1.54) is 0 Å². The summed E-state index contributed by atoms with van der Waals surface area (Å²) in [4.78, 5) is 8.69. The van der Waals surface area contributed by atoms with E-state index in [0.717, 1.165) is 36.0 Å². The second-order valence-corrected chi connectivity index (χ2v) is 3.95. The molecule has 0 bridgehead atoms. The number of nitrogens with zero attached hydrogens (tertiary/aromatic N) is 4. The van der Waals surface area contributed by atoms with Gasteiger partial charge in [0.15, 0.2) is 5.82 Å². The van der Waals surface area contributed by atoms with Gasteiger partial charge in [0.1, 0.15) is 5.82 Å². The van der Waals surface area contributed by atoms with Gasteiger partial charge in [-0.25, -0.2) is 14.6 Å². The topological polar surface area (TPSA) is 55.6 Å². The van der Waals surface area contributed by atoms with Crippen molar-refractivity contribution < 1.29 is 0 Å². The summed E-state index contributed by atoms with van der Waals surface area (Å²) < 4.78 is 1.80. The van der Waals surface area contributed by atoms with Crippen LogP contribution in [0.15, 0.2) is 18.5 Å². The second-order valence-electron chi connectivity index (χ2n) is 3.95. The zero-order chi connectivity index (χ0) is 12.3. The number of hydrogen-bond donors (Lipinski definition) is 1. The molecule has 90 valence electrons. The van der Waals surface area contributed by atoms with Crippen LogP contribution < -0.4 is 5.32 Å². The minimum atomic E-state index is 0.755. The van der Waals surface area contributed by atoms with Crippen molar-refractivity contribution >= 4 is 0 Å². The van der Waals surface area contributed by atoms with Crippen LogP contribution in [0.2, 0.25) is 0 Å². The first kappa shape index (κ1) is 11.7. The molecule has 2 aromatic heterocycles. The molecule has 0 fully saturated rings. The Labute approximate surface area is 101 Å². The van der Waals surface area contributed by atoms with Gasteiger partial charge in [-0.3, -0.25) is 0 Å². The molecule has 0 aromatic carbocycles. The molecule has 2 rings (SSSR count). The Balaban J connectivity index is 2.39. The van der Waals surface area contributed by atoms with Crippen molar-refractivity contribution in [3.8, 4) is 5.82 Å². The molecule has 0 aliphatic heterocycles. The highest BCUT2D eigenvalue weighted by Gasteiger charge is 2.08. The highest BCUT2D eigenvalue weighted by Crippen LogP contribution is 2.11. The standard InChI is InChI=1S/C12H17N5/c1-4-13-7-11-8-14-10(3)15-12(11)17-6-5-9(2)16-17/h5-6,8,13H,4,7H2,1-3H3. The summed E-state index contributed by atoms with van der Waals surface area (Å²) in [5.41, 5.74) is 2.04. The van der Waals surface area contributed by atoms with E-state index < -0.39 is 0 Å². The number of rotatable bonds is 4. The maximum absolute atomic E-state index is 4.46. The van der Waals surface area contributed by atoms with Gasteiger partial charge in [0, 0.05) is 24.5 Å². The van der Waals surface area contributed by atoms with Gasteiger partial charge in [0.25, 0.3) is 0 Å². The van der Waals surface area contributed by atoms with E-state index in [1.54, 1.807) is 4.68 Å². The normalized spacial score (nSPS) is 10.8. The quantitative estimate of drug-likeness (QED) is 0.864. The van der Waals surface area contributed by atoms with Crippen molar-refractivity contribution in [2.75, 3.05) is 6.54 Å². The molecule has 1 N–H and O–H groups in total. The molecule has 0 saturated heterocycles. The molecule has 0 radical (unpaired) electrons. The molecule has 0 atom stereocenters. The van der Waals surface area contributed by atoms with Crippen LogP contribution in [-0.4, -0.2) is 26.3 Å². The van der Waals surface area contributed by atoms with Gasteiger partial charge in [0.2, 0.25) is 0 Å². The minimum absolute atomic E-state index is 0.755. The third-order valence-electron chi connectivity index (χ3n) is 2.47. The third kappa shape index (κ3) is 2.68. The number of hydrogen-bond acceptors (Lipinski definition) is 4. The summed E-state index contributed by atoms with van der Waals surface area (Å²) in [5, 5.41) is 7.67. The molecule has 0 aliphatic carbocycles. The second kappa shape index (κ2) is 5.05. The van der Waals surface area contributed by atoms with Gasteiger partial charge in [0.05, 0.1) is 5.69 Å². The highest BCUT2D eigenvalue weighted by molar-refractivity contribution is 5.31. The van der Waals surface area contributed by atoms with Crippen LogP contribution in [0.25, 0.3) is 5.82 Å². The average molecular weight is 231 g/mol. The molecule has 0 amide bonds. The van der Waals surface area contributed by atoms with Gasteiger partial charge >= 0.3 is 0 Å². The Morgan fingerprint density at radius 2 is 2.18 bits per heavy atom. The van der Waals surface area contributed by atoms with Gasteiger partial charge in [-0.1, -0.05) is 6.92 Å². The van der Waals surface area contributed by atoms with E-state index >= 15 is 0 Å². The fraction of sp³-hybridized carbons (Fsp3) is 0.417. The molecule has 5 nitrogen and oxygen atoms in total. The van der Waals surface area contributed by atoms with E-state index in [-0.39, 0.29) is 0 Å². The van der Waals surface area contributed by atoms with E-state index in [1.807, 2.05) is 32.3 Å². The van der Waals surface area contributed by atoms with Crippen LogP contribution in [0.1, 0.15) is 24.0 Å². The van der Waals surface area contributed by atoms with Crippen LogP contribution in [0.4, 0.5) is 0 Å². The lowest BCUT2D eigenvalue weighted by Crippen LogP contribution is -2.16. The maximum Gasteiger partial charge on any atom is 0.161 e. The van der Waals surface area contributed by atoms with Crippen molar-refractivity contribution in [2.45, 2.75) is 27.3 Å². The lowest BCUT2D eigenvalue weighted by Gasteiger charge is -2.09. The monoisotopic (exact) mass is 231 g/mol. The van der Waals surface area contributed by atoms with Crippen LogP contribution in [-0.2, 0) is 6.54 Å². The summed E-state index contributed by atoms with van der Waals surface area (Å²) >= 11 is 0. The number of aromatic nitrogens is 4. The Morgan fingerprint density at radius 3 is 2.82 bits per heavy atom. The van der Waals surface area contributed by atoms with Crippen LogP contribution >= 0.6 is 0 Å². The fourth-order valence-electron chi connectivity index (χ4n) is 1.60. The average Bonchev–Trinajstić information content (AvgIpc) is 2.74. The summed E-state index contributed by atoms with van der Waals surface area (Å²) in [6.07, 6.45) is 3.78. The summed E-state index contributed by atoms with van der Waals surface area (Å²) in [5.74, 6) is 1.61. The Morgan fingerprint density at radius 1 is 1.35 bits per heavy atom. The number of aryl methyl sites for hydroxylation is 2. The molecule has 0 aliphatic rings. The summed E-state index contributed by atoms with van der Waals surface area (Å²) in [6, 6.07) is 1.97. The first-order chi connectivity index (χ1) is 8.20. The zero-order valence-corrected chi connectivity index (χ0v) is 10.4. The predicted molar refractivity (Wildman–Crippen MR) is 66.0 cm³/mol. The molecule has 0 saturated carbocycles. The minimum Gasteiger partial charge on any atom is -0.313 e. The van der Waals surface area contributed by atoms with E-state index in [9.17, 15) is 0 Å². The molecule has 17 heavy (non-hydrogen) atoms. The molecule has 0 spiro atoms. The van der Waals surface area contributed by atoms with Crippen LogP contribution in [0.5, 0.6) is 0 Å². The first-order valence-corrected chi connectivity index (χ1v) is 5.76. The molecule has 2 heterocycles. The molecular formula is C12H17N5.